The van der Waals surface area contributed by atoms with Gasteiger partial charge in [0.2, 0.25) is 0 Å². The Balaban J connectivity index is 1.98. The third-order valence-electron chi connectivity index (χ3n) is 3.62. The van der Waals surface area contributed by atoms with Gasteiger partial charge in [-0.25, -0.2) is 0 Å². The Bertz CT molecular complexity index is 317. The molecule has 86 valence electrons. The van der Waals surface area contributed by atoms with E-state index in [0.29, 0.717) is 18.1 Å². The fraction of sp³-hybridized carbons (Fsp3) is 1.00. The van der Waals surface area contributed by atoms with E-state index in [4.69, 9.17) is 4.84 Å². The lowest BCUT2D eigenvalue weighted by molar-refractivity contribution is -0.142. The number of hydrogen-bond acceptors (Lipinski definition) is 4. The number of hydroxylamine groups is 2. The molecule has 0 saturated carbocycles. The van der Waals surface area contributed by atoms with Gasteiger partial charge >= 0.3 is 0 Å². The van der Waals surface area contributed by atoms with Gasteiger partial charge in [0.25, 0.3) is 0 Å². The standard InChI is InChI=1S/C9H15NO3S2/c11-14-5-6-15(12)9(14)7-13-10-4-2-1-3-8(9)10/h8H,1-7H2/t8-,14+,15+/m1/s1. The van der Waals surface area contributed by atoms with Crippen LogP contribution in [0.2, 0.25) is 0 Å². The quantitative estimate of drug-likeness (QED) is 0.606. The Morgan fingerprint density at radius 3 is 2.67 bits per heavy atom. The molecule has 0 bridgehead atoms. The monoisotopic (exact) mass is 249 g/mol. The molecule has 0 radical (unpaired) electrons. The Kier molecular flexibility index (Phi) is 2.50. The first-order valence-electron chi connectivity index (χ1n) is 5.42. The average molecular weight is 249 g/mol. The van der Waals surface area contributed by atoms with Crippen molar-refractivity contribution in [3.8, 4) is 0 Å². The highest BCUT2D eigenvalue weighted by Crippen LogP contribution is 2.42. The van der Waals surface area contributed by atoms with Crippen molar-refractivity contribution in [3.63, 3.8) is 0 Å². The summed E-state index contributed by atoms with van der Waals surface area (Å²) in [7, 11) is -1.94. The highest BCUT2D eigenvalue weighted by molar-refractivity contribution is 8.07. The third-order valence-corrected chi connectivity index (χ3v) is 8.46. The van der Waals surface area contributed by atoms with Gasteiger partial charge in [-0.1, -0.05) is 6.42 Å². The number of hydrogen-bond donors (Lipinski definition) is 0. The van der Waals surface area contributed by atoms with Crippen LogP contribution in [0.4, 0.5) is 0 Å². The van der Waals surface area contributed by atoms with E-state index in [1.807, 2.05) is 5.06 Å². The van der Waals surface area contributed by atoms with Gasteiger partial charge in [0.05, 0.1) is 12.6 Å². The van der Waals surface area contributed by atoms with Gasteiger partial charge in [-0.15, -0.1) is 0 Å². The maximum Gasteiger partial charge on any atom is 0.163 e. The SMILES string of the molecule is O=[S@]1CC[S@](=O)C12CON1CCCC[C@@H]12. The molecule has 3 saturated heterocycles. The lowest BCUT2D eigenvalue weighted by Gasteiger charge is -2.33. The average Bonchev–Trinajstić information content (AvgIpc) is 2.77. The summed E-state index contributed by atoms with van der Waals surface area (Å²) in [6.07, 6.45) is 3.25. The molecule has 3 rings (SSSR count). The maximum absolute atomic E-state index is 12.1. The van der Waals surface area contributed by atoms with Crippen LogP contribution < -0.4 is 0 Å². The summed E-state index contributed by atoms with van der Waals surface area (Å²) in [5.74, 6) is 1.17. The summed E-state index contributed by atoms with van der Waals surface area (Å²) in [4.78, 5) is 5.58. The molecule has 0 unspecified atom stereocenters. The molecule has 15 heavy (non-hydrogen) atoms. The first-order valence-corrected chi connectivity index (χ1v) is 8.05. The molecule has 3 atom stereocenters. The summed E-state index contributed by atoms with van der Waals surface area (Å²) in [5.41, 5.74) is 0. The smallest absolute Gasteiger partial charge is 0.163 e. The molecule has 3 fully saturated rings. The van der Waals surface area contributed by atoms with Crippen LogP contribution in [0.15, 0.2) is 0 Å². The van der Waals surface area contributed by atoms with Crippen LogP contribution in [0.5, 0.6) is 0 Å². The van der Waals surface area contributed by atoms with Gasteiger partial charge in [0.1, 0.15) is 0 Å². The highest BCUT2D eigenvalue weighted by atomic mass is 32.3. The zero-order valence-electron chi connectivity index (χ0n) is 8.52. The van der Waals surface area contributed by atoms with Gasteiger partial charge in [0.15, 0.2) is 4.08 Å². The molecule has 3 aliphatic rings. The molecule has 0 amide bonds. The molecule has 0 aromatic heterocycles. The van der Waals surface area contributed by atoms with Crippen LogP contribution in [-0.4, -0.2) is 48.3 Å². The Labute approximate surface area is 94.2 Å². The van der Waals surface area contributed by atoms with E-state index in [9.17, 15) is 8.42 Å². The molecular formula is C9H15NO3S2. The van der Waals surface area contributed by atoms with Crippen molar-refractivity contribution in [2.24, 2.45) is 0 Å². The summed E-state index contributed by atoms with van der Waals surface area (Å²) in [5, 5.41) is 1.94. The third kappa shape index (κ3) is 1.31. The van der Waals surface area contributed by atoms with E-state index < -0.39 is 25.7 Å². The topological polar surface area (TPSA) is 46.6 Å². The summed E-state index contributed by atoms with van der Waals surface area (Å²) in [6, 6.07) is 0.135. The van der Waals surface area contributed by atoms with E-state index in [-0.39, 0.29) is 6.04 Å². The molecule has 0 aromatic rings. The van der Waals surface area contributed by atoms with Crippen LogP contribution in [0.3, 0.4) is 0 Å². The lowest BCUT2D eigenvalue weighted by atomic mass is 10.0. The molecule has 0 aromatic carbocycles. The van der Waals surface area contributed by atoms with Gasteiger partial charge in [0, 0.05) is 39.6 Å². The van der Waals surface area contributed by atoms with Gasteiger partial charge in [-0.3, -0.25) is 13.3 Å². The molecule has 6 heteroatoms. The predicted octanol–water partition coefficient (Wildman–Crippen LogP) is -0.00660. The normalized spacial score (nSPS) is 44.7. The Morgan fingerprint density at radius 2 is 1.93 bits per heavy atom. The maximum atomic E-state index is 12.1. The van der Waals surface area contributed by atoms with Gasteiger partial charge < -0.3 is 0 Å². The zero-order chi connectivity index (χ0) is 10.5. The van der Waals surface area contributed by atoms with Crippen molar-refractivity contribution in [1.29, 1.82) is 0 Å². The van der Waals surface area contributed by atoms with Crippen LogP contribution in [0.1, 0.15) is 19.3 Å². The van der Waals surface area contributed by atoms with E-state index in [2.05, 4.69) is 0 Å². The fourth-order valence-electron chi connectivity index (χ4n) is 2.80. The summed E-state index contributed by atoms with van der Waals surface area (Å²) in [6.45, 7) is 1.30. The minimum Gasteiger partial charge on any atom is -0.296 e. The van der Waals surface area contributed by atoms with Gasteiger partial charge in [-0.2, -0.15) is 5.06 Å². The Hall–Kier alpha value is 0.220. The molecule has 3 aliphatic heterocycles. The molecular weight excluding hydrogens is 234 g/mol. The number of nitrogens with zero attached hydrogens (tertiary/aromatic N) is 1. The second-order valence-corrected chi connectivity index (χ2v) is 8.25. The fourth-order valence-corrected chi connectivity index (χ4v) is 7.48. The number of fused-ring (bicyclic) bond motifs is 2. The first-order chi connectivity index (χ1) is 7.25. The summed E-state index contributed by atoms with van der Waals surface area (Å²) >= 11 is 0. The van der Waals surface area contributed by atoms with Crippen molar-refractivity contribution in [1.82, 2.24) is 5.06 Å². The van der Waals surface area contributed by atoms with E-state index in [1.165, 1.54) is 0 Å². The van der Waals surface area contributed by atoms with E-state index >= 15 is 0 Å². The minimum absolute atomic E-state index is 0.135. The summed E-state index contributed by atoms with van der Waals surface area (Å²) < 4.78 is 23.6. The van der Waals surface area contributed by atoms with E-state index in [0.717, 1.165) is 25.8 Å². The lowest BCUT2D eigenvalue weighted by Crippen LogP contribution is -2.50. The number of piperidine rings is 1. The second kappa shape index (κ2) is 3.61. The predicted molar refractivity (Wildman–Crippen MR) is 59.0 cm³/mol. The van der Waals surface area contributed by atoms with Crippen LogP contribution >= 0.6 is 0 Å². The zero-order valence-corrected chi connectivity index (χ0v) is 10.1. The number of rotatable bonds is 0. The molecule has 0 aliphatic carbocycles. The molecule has 4 nitrogen and oxygen atoms in total. The van der Waals surface area contributed by atoms with Crippen LogP contribution in [0.25, 0.3) is 0 Å². The first kappa shape index (κ1) is 10.4. The van der Waals surface area contributed by atoms with Gasteiger partial charge in [-0.05, 0) is 12.8 Å². The van der Waals surface area contributed by atoms with Crippen LogP contribution in [0, 0.1) is 0 Å². The molecule has 3 heterocycles. The van der Waals surface area contributed by atoms with Crippen molar-refractivity contribution in [2.45, 2.75) is 29.4 Å². The molecule has 1 spiro atoms. The van der Waals surface area contributed by atoms with Crippen LogP contribution in [-0.2, 0) is 26.4 Å². The molecule has 0 N–H and O–H groups in total. The largest absolute Gasteiger partial charge is 0.296 e. The second-order valence-electron chi connectivity index (χ2n) is 4.34. The Morgan fingerprint density at radius 1 is 1.20 bits per heavy atom. The van der Waals surface area contributed by atoms with E-state index in [1.54, 1.807) is 0 Å². The minimum atomic E-state index is -0.972. The highest BCUT2D eigenvalue weighted by Gasteiger charge is 2.60. The van der Waals surface area contributed by atoms with Crippen molar-refractivity contribution in [2.75, 3.05) is 24.7 Å². The van der Waals surface area contributed by atoms with Crippen molar-refractivity contribution < 1.29 is 13.3 Å². The van der Waals surface area contributed by atoms with Crippen molar-refractivity contribution >= 4 is 21.6 Å². The van der Waals surface area contributed by atoms with Crippen molar-refractivity contribution in [3.05, 3.63) is 0 Å².